The fourth-order valence-corrected chi connectivity index (χ4v) is 4.41. The zero-order valence-electron chi connectivity index (χ0n) is 14.7. The molecule has 2 unspecified atom stereocenters. The third kappa shape index (κ3) is 2.44. The van der Waals surface area contributed by atoms with Crippen molar-refractivity contribution in [2.45, 2.75) is 0 Å². The van der Waals surface area contributed by atoms with Crippen LogP contribution in [0.15, 0.2) is 48.9 Å². The molecule has 0 radical (unpaired) electrons. The quantitative estimate of drug-likeness (QED) is 0.787. The first-order valence-electron chi connectivity index (χ1n) is 9.06. The van der Waals surface area contributed by atoms with Crippen molar-refractivity contribution in [2.75, 3.05) is 31.6 Å². The van der Waals surface area contributed by atoms with Gasteiger partial charge in [-0.05, 0) is 36.0 Å². The van der Waals surface area contributed by atoms with Gasteiger partial charge in [0.05, 0.1) is 5.39 Å². The molecular formula is C20H21N5O. The van der Waals surface area contributed by atoms with E-state index in [2.05, 4.69) is 26.9 Å². The minimum Gasteiger partial charge on any atom is -0.359 e. The molecular weight excluding hydrogens is 326 g/mol. The summed E-state index contributed by atoms with van der Waals surface area (Å²) in [4.78, 5) is 28.7. The van der Waals surface area contributed by atoms with Crippen LogP contribution in [0, 0.1) is 17.8 Å². The zero-order chi connectivity index (χ0) is 17.7. The Morgan fingerprint density at radius 3 is 2.73 bits per heavy atom. The third-order valence-corrected chi connectivity index (χ3v) is 5.86. The summed E-state index contributed by atoms with van der Waals surface area (Å²) >= 11 is 0. The van der Waals surface area contributed by atoms with E-state index in [-0.39, 0.29) is 5.91 Å². The predicted molar refractivity (Wildman–Crippen MR) is 100.0 cm³/mol. The lowest BCUT2D eigenvalue weighted by molar-refractivity contribution is 0.0768. The number of nitrogens with one attached hydrogen (secondary N) is 1. The van der Waals surface area contributed by atoms with Crippen LogP contribution in [0.25, 0.3) is 11.0 Å². The van der Waals surface area contributed by atoms with E-state index in [4.69, 9.17) is 0 Å². The van der Waals surface area contributed by atoms with E-state index < -0.39 is 0 Å². The van der Waals surface area contributed by atoms with Crippen molar-refractivity contribution in [3.8, 4) is 0 Å². The summed E-state index contributed by atoms with van der Waals surface area (Å²) in [6.07, 6.45) is 3.51. The van der Waals surface area contributed by atoms with Crippen LogP contribution in [0.2, 0.25) is 0 Å². The summed E-state index contributed by atoms with van der Waals surface area (Å²) in [5.41, 5.74) is 1.66. The molecule has 1 aromatic carbocycles. The van der Waals surface area contributed by atoms with Gasteiger partial charge in [-0.1, -0.05) is 18.2 Å². The van der Waals surface area contributed by atoms with Crippen LogP contribution >= 0.6 is 0 Å². The van der Waals surface area contributed by atoms with Crippen molar-refractivity contribution < 1.29 is 4.79 Å². The molecule has 2 fully saturated rings. The first kappa shape index (κ1) is 15.4. The molecule has 3 aromatic rings. The van der Waals surface area contributed by atoms with Gasteiger partial charge < -0.3 is 14.8 Å². The summed E-state index contributed by atoms with van der Waals surface area (Å²) in [6, 6.07) is 11.6. The van der Waals surface area contributed by atoms with E-state index in [0.29, 0.717) is 17.8 Å². The number of likely N-dealkylation sites (tertiary alicyclic amines) is 1. The lowest BCUT2D eigenvalue weighted by Crippen LogP contribution is -2.33. The van der Waals surface area contributed by atoms with Gasteiger partial charge in [0.2, 0.25) is 0 Å². The highest BCUT2D eigenvalue weighted by molar-refractivity contribution is 5.94. The van der Waals surface area contributed by atoms with Gasteiger partial charge >= 0.3 is 0 Å². The van der Waals surface area contributed by atoms with Gasteiger partial charge in [-0.25, -0.2) is 9.97 Å². The van der Waals surface area contributed by atoms with Crippen LogP contribution in [0.3, 0.4) is 0 Å². The maximum absolute atomic E-state index is 12.6. The predicted octanol–water partition coefficient (Wildman–Crippen LogP) is 2.41. The number of hydrogen-bond donors (Lipinski definition) is 1. The van der Waals surface area contributed by atoms with E-state index in [1.807, 2.05) is 47.5 Å². The summed E-state index contributed by atoms with van der Waals surface area (Å²) < 4.78 is 0. The maximum Gasteiger partial charge on any atom is 0.253 e. The summed E-state index contributed by atoms with van der Waals surface area (Å²) in [5, 5.41) is 1.06. The Balaban J connectivity index is 1.23. The van der Waals surface area contributed by atoms with E-state index in [0.717, 1.165) is 42.0 Å². The van der Waals surface area contributed by atoms with Crippen LogP contribution in [0.4, 0.5) is 5.82 Å². The van der Waals surface area contributed by atoms with Crippen molar-refractivity contribution in [3.63, 3.8) is 0 Å². The Kier molecular flexibility index (Phi) is 3.45. The number of H-pyrrole nitrogens is 1. The monoisotopic (exact) mass is 347 g/mol. The van der Waals surface area contributed by atoms with E-state index in [1.54, 1.807) is 6.33 Å². The number of benzene rings is 1. The van der Waals surface area contributed by atoms with Crippen molar-refractivity contribution in [1.82, 2.24) is 19.9 Å². The molecule has 5 rings (SSSR count). The molecule has 3 heterocycles. The number of amides is 1. The number of carbonyl (C=O) groups is 1. The van der Waals surface area contributed by atoms with Gasteiger partial charge in [0.25, 0.3) is 5.91 Å². The molecule has 1 N–H and O–H groups in total. The number of hydrogen-bond acceptors (Lipinski definition) is 4. The van der Waals surface area contributed by atoms with Gasteiger partial charge in [-0.2, -0.15) is 0 Å². The number of nitrogens with zero attached hydrogens (tertiary/aromatic N) is 4. The Morgan fingerprint density at radius 1 is 1.19 bits per heavy atom. The SMILES string of the molecule is CN(CC1C2CN(C(=O)c3ccccc3)CC21)c1ncnc2[nH]ccc12. The standard InChI is InChI=1S/C20H21N5O/c1-24(19-14-7-8-21-18(14)22-12-23-19)9-15-16-10-25(11-17(15)16)20(26)13-5-3-2-4-6-13/h2-8,12,15-17H,9-11H2,1H3,(H,21,22,23). The Bertz CT molecular complexity index is 941. The second-order valence-electron chi connectivity index (χ2n) is 7.39. The molecule has 6 heteroatoms. The summed E-state index contributed by atoms with van der Waals surface area (Å²) in [7, 11) is 2.09. The Labute approximate surface area is 151 Å². The second-order valence-corrected chi connectivity index (χ2v) is 7.39. The van der Waals surface area contributed by atoms with E-state index >= 15 is 0 Å². The number of carbonyl (C=O) groups excluding carboxylic acids is 1. The minimum absolute atomic E-state index is 0.162. The molecule has 0 spiro atoms. The van der Waals surface area contributed by atoms with Crippen molar-refractivity contribution in [2.24, 2.45) is 17.8 Å². The molecule has 1 amide bonds. The molecule has 6 nitrogen and oxygen atoms in total. The highest BCUT2D eigenvalue weighted by atomic mass is 16.2. The van der Waals surface area contributed by atoms with Crippen molar-refractivity contribution in [3.05, 3.63) is 54.5 Å². The van der Waals surface area contributed by atoms with Crippen molar-refractivity contribution in [1.29, 1.82) is 0 Å². The third-order valence-electron chi connectivity index (χ3n) is 5.86. The largest absolute Gasteiger partial charge is 0.359 e. The fourth-order valence-electron chi connectivity index (χ4n) is 4.41. The number of rotatable bonds is 4. The molecule has 26 heavy (non-hydrogen) atoms. The fraction of sp³-hybridized carbons (Fsp3) is 0.350. The van der Waals surface area contributed by atoms with E-state index in [1.165, 1.54) is 0 Å². The molecule has 0 bridgehead atoms. The highest BCUT2D eigenvalue weighted by Crippen LogP contribution is 2.52. The Hall–Kier alpha value is -2.89. The van der Waals surface area contributed by atoms with Gasteiger partial charge in [-0.15, -0.1) is 0 Å². The Morgan fingerprint density at radius 2 is 1.96 bits per heavy atom. The lowest BCUT2D eigenvalue weighted by Gasteiger charge is -2.23. The van der Waals surface area contributed by atoms with Gasteiger partial charge in [0, 0.05) is 38.4 Å². The molecule has 132 valence electrons. The van der Waals surface area contributed by atoms with Gasteiger partial charge in [0.15, 0.2) is 0 Å². The minimum atomic E-state index is 0.162. The molecule has 1 aliphatic heterocycles. The smallest absolute Gasteiger partial charge is 0.253 e. The number of aromatic nitrogens is 3. The topological polar surface area (TPSA) is 65.1 Å². The van der Waals surface area contributed by atoms with Crippen LogP contribution in [-0.2, 0) is 0 Å². The van der Waals surface area contributed by atoms with Gasteiger partial charge in [0.1, 0.15) is 17.8 Å². The summed E-state index contributed by atoms with van der Waals surface area (Å²) in [6.45, 7) is 2.72. The molecule has 1 aliphatic carbocycles. The normalized spacial score (nSPS) is 23.9. The first-order valence-corrected chi connectivity index (χ1v) is 9.06. The molecule has 2 aromatic heterocycles. The zero-order valence-corrected chi connectivity index (χ0v) is 14.7. The first-order chi connectivity index (χ1) is 12.7. The summed E-state index contributed by atoms with van der Waals surface area (Å²) in [5.74, 6) is 3.01. The van der Waals surface area contributed by atoms with Crippen LogP contribution in [0.1, 0.15) is 10.4 Å². The molecule has 2 atom stereocenters. The molecule has 2 aliphatic rings. The average molecular weight is 347 g/mol. The van der Waals surface area contributed by atoms with Crippen LogP contribution in [0.5, 0.6) is 0 Å². The number of anilines is 1. The van der Waals surface area contributed by atoms with Crippen molar-refractivity contribution >= 4 is 22.8 Å². The number of aromatic amines is 1. The van der Waals surface area contributed by atoms with Gasteiger partial charge in [-0.3, -0.25) is 4.79 Å². The van der Waals surface area contributed by atoms with Crippen LogP contribution < -0.4 is 4.90 Å². The maximum atomic E-state index is 12.6. The number of piperidine rings is 1. The average Bonchev–Trinajstić information content (AvgIpc) is 3.08. The lowest BCUT2D eigenvalue weighted by atomic mass is 10.2. The molecule has 1 saturated heterocycles. The molecule has 1 saturated carbocycles. The second kappa shape index (κ2) is 5.83. The van der Waals surface area contributed by atoms with Crippen LogP contribution in [-0.4, -0.2) is 52.4 Å². The number of fused-ring (bicyclic) bond motifs is 2. The highest BCUT2D eigenvalue weighted by Gasteiger charge is 2.56. The van der Waals surface area contributed by atoms with E-state index in [9.17, 15) is 4.79 Å².